The molecule has 0 N–H and O–H groups in total. The molecule has 0 radical (unpaired) electrons. The lowest BCUT2D eigenvalue weighted by atomic mass is 9.76. The van der Waals surface area contributed by atoms with Crippen molar-refractivity contribution in [2.45, 2.75) is 72.0 Å². The van der Waals surface area contributed by atoms with Gasteiger partial charge in [-0.15, -0.1) is 5.73 Å². The average molecular weight is 236 g/mol. The Kier molecular flexibility index (Phi) is 4.65. The largest absolute Gasteiger partial charge is 0.498 e. The van der Waals surface area contributed by atoms with Crippen molar-refractivity contribution in [3.8, 4) is 0 Å². The minimum absolute atomic E-state index is 0.234. The van der Waals surface area contributed by atoms with Gasteiger partial charge in [0.2, 0.25) is 0 Å². The Bertz CT molecular complexity index is 309. The van der Waals surface area contributed by atoms with Crippen molar-refractivity contribution in [1.82, 2.24) is 0 Å². The zero-order chi connectivity index (χ0) is 13.1. The van der Waals surface area contributed by atoms with Crippen LogP contribution < -0.4 is 0 Å². The molecule has 0 spiro atoms. The van der Waals surface area contributed by atoms with E-state index in [4.69, 9.17) is 9.31 Å². The van der Waals surface area contributed by atoms with Crippen LogP contribution in [0.25, 0.3) is 0 Å². The number of hydrogen-bond acceptors (Lipinski definition) is 2. The first-order valence-electron chi connectivity index (χ1n) is 6.60. The van der Waals surface area contributed by atoms with Gasteiger partial charge in [0.05, 0.1) is 11.2 Å². The van der Waals surface area contributed by atoms with Gasteiger partial charge in [0.25, 0.3) is 0 Å². The van der Waals surface area contributed by atoms with Crippen LogP contribution in [-0.4, -0.2) is 18.3 Å². The van der Waals surface area contributed by atoms with Gasteiger partial charge in [-0.1, -0.05) is 13.3 Å². The monoisotopic (exact) mass is 236 g/mol. The van der Waals surface area contributed by atoms with E-state index in [1.807, 2.05) is 13.0 Å². The maximum absolute atomic E-state index is 6.03. The Morgan fingerprint density at radius 3 is 2.12 bits per heavy atom. The molecule has 1 saturated heterocycles. The summed E-state index contributed by atoms with van der Waals surface area (Å²) in [6.07, 6.45) is 5.27. The van der Waals surface area contributed by atoms with Gasteiger partial charge in [-0.2, -0.15) is 0 Å². The van der Waals surface area contributed by atoms with Gasteiger partial charge in [-0.3, -0.25) is 0 Å². The molecule has 1 fully saturated rings. The van der Waals surface area contributed by atoms with Crippen LogP contribution in [0.15, 0.2) is 17.3 Å². The highest BCUT2D eigenvalue weighted by molar-refractivity contribution is 6.54. The number of unbranched alkanes of at least 4 members (excludes halogenated alkanes) is 1. The predicted molar refractivity (Wildman–Crippen MR) is 72.9 cm³/mol. The second kappa shape index (κ2) is 5.43. The predicted octanol–water partition coefficient (Wildman–Crippen LogP) is 3.91. The third-order valence-electron chi connectivity index (χ3n) is 3.67. The molecule has 17 heavy (non-hydrogen) atoms. The van der Waals surface area contributed by atoms with Crippen molar-refractivity contribution in [1.29, 1.82) is 0 Å². The third kappa shape index (κ3) is 3.25. The Balaban J connectivity index is 2.84. The summed E-state index contributed by atoms with van der Waals surface area (Å²) in [5, 5.41) is 0. The van der Waals surface area contributed by atoms with Crippen LogP contribution in [0.2, 0.25) is 0 Å². The van der Waals surface area contributed by atoms with Gasteiger partial charge < -0.3 is 9.31 Å². The number of hydrogen-bond donors (Lipinski definition) is 0. The van der Waals surface area contributed by atoms with E-state index in [2.05, 4.69) is 40.3 Å². The van der Waals surface area contributed by atoms with Crippen molar-refractivity contribution in [2.75, 3.05) is 0 Å². The molecule has 1 aliphatic heterocycles. The Hall–Kier alpha value is -0.495. The normalized spacial score (nSPS) is 21.2. The van der Waals surface area contributed by atoms with Crippen LogP contribution in [0, 0.1) is 0 Å². The first-order valence-corrected chi connectivity index (χ1v) is 6.60. The summed E-state index contributed by atoms with van der Waals surface area (Å²) < 4.78 is 12.1. The summed E-state index contributed by atoms with van der Waals surface area (Å²) in [6, 6.07) is 0. The Labute approximate surface area is 106 Å². The number of allylic oxidation sites excluding steroid dienone is 1. The first kappa shape index (κ1) is 14.6. The molecule has 3 heteroatoms. The molecule has 1 heterocycles. The van der Waals surface area contributed by atoms with E-state index in [0.29, 0.717) is 0 Å². The molecule has 0 aliphatic carbocycles. The molecule has 96 valence electrons. The highest BCUT2D eigenvalue weighted by atomic mass is 16.7. The van der Waals surface area contributed by atoms with E-state index in [1.165, 1.54) is 6.42 Å². The SMILES string of the molecule is CC=C=C(CCCC)B1OC(C)(C)C(C)(C)O1. The standard InChI is InChI=1S/C14H25BO2/c1-7-9-11-12(10-8-2)15-16-13(3,4)14(5,6)17-15/h8H,7,9,11H2,1-6H3. The van der Waals surface area contributed by atoms with Crippen molar-refractivity contribution in [2.24, 2.45) is 0 Å². The molecule has 2 nitrogen and oxygen atoms in total. The van der Waals surface area contributed by atoms with Crippen molar-refractivity contribution in [3.05, 3.63) is 17.3 Å². The fourth-order valence-electron chi connectivity index (χ4n) is 1.80. The minimum Gasteiger partial charge on any atom is -0.399 e. The molecule has 1 aliphatic rings. The maximum atomic E-state index is 6.03. The van der Waals surface area contributed by atoms with Crippen LogP contribution >= 0.6 is 0 Å². The highest BCUT2D eigenvalue weighted by Crippen LogP contribution is 2.39. The summed E-state index contributed by atoms with van der Waals surface area (Å²) >= 11 is 0. The van der Waals surface area contributed by atoms with Crippen molar-refractivity contribution >= 4 is 7.12 Å². The number of rotatable bonds is 4. The average Bonchev–Trinajstić information content (AvgIpc) is 2.43. The van der Waals surface area contributed by atoms with E-state index in [-0.39, 0.29) is 18.3 Å². The molecule has 1 rings (SSSR count). The molecule has 0 aromatic rings. The van der Waals surface area contributed by atoms with Gasteiger partial charge in [-0.25, -0.2) is 0 Å². The quantitative estimate of drug-likeness (QED) is 0.544. The van der Waals surface area contributed by atoms with Gasteiger partial charge in [0, 0.05) is 5.47 Å². The van der Waals surface area contributed by atoms with Crippen molar-refractivity contribution < 1.29 is 9.31 Å². The molecule has 0 saturated carbocycles. The molecule has 0 amide bonds. The van der Waals surface area contributed by atoms with Crippen LogP contribution in [0.1, 0.15) is 60.8 Å². The lowest BCUT2D eigenvalue weighted by molar-refractivity contribution is 0.00578. The first-order chi connectivity index (χ1) is 7.84. The van der Waals surface area contributed by atoms with Gasteiger partial charge in [-0.05, 0) is 53.5 Å². The molecular weight excluding hydrogens is 211 g/mol. The minimum atomic E-state index is -0.259. The van der Waals surface area contributed by atoms with Crippen LogP contribution in [0.5, 0.6) is 0 Å². The summed E-state index contributed by atoms with van der Waals surface area (Å²) in [4.78, 5) is 0. The third-order valence-corrected chi connectivity index (χ3v) is 3.67. The topological polar surface area (TPSA) is 18.5 Å². The molecule has 0 aromatic carbocycles. The van der Waals surface area contributed by atoms with E-state index < -0.39 is 0 Å². The summed E-state index contributed by atoms with van der Waals surface area (Å²) in [5.74, 6) is 0. The zero-order valence-electron chi connectivity index (χ0n) is 12.1. The second-order valence-electron chi connectivity index (χ2n) is 5.65. The fraction of sp³-hybridized carbons (Fsp3) is 0.786. The summed E-state index contributed by atoms with van der Waals surface area (Å²) in [5.41, 5.74) is 3.89. The summed E-state index contributed by atoms with van der Waals surface area (Å²) in [7, 11) is -0.234. The van der Waals surface area contributed by atoms with Crippen LogP contribution in [0.4, 0.5) is 0 Å². The molecular formula is C14H25BO2. The van der Waals surface area contributed by atoms with Crippen LogP contribution in [-0.2, 0) is 9.31 Å². The van der Waals surface area contributed by atoms with Gasteiger partial charge in [0.15, 0.2) is 0 Å². The molecule has 0 atom stereocenters. The molecule has 0 aromatic heterocycles. The smallest absolute Gasteiger partial charge is 0.399 e. The molecule has 0 bridgehead atoms. The lowest BCUT2D eigenvalue weighted by Crippen LogP contribution is -2.41. The fourth-order valence-corrected chi connectivity index (χ4v) is 1.80. The Morgan fingerprint density at radius 2 is 1.71 bits per heavy atom. The maximum Gasteiger partial charge on any atom is 0.498 e. The zero-order valence-corrected chi connectivity index (χ0v) is 12.1. The molecule has 0 unspecified atom stereocenters. The van der Waals surface area contributed by atoms with Gasteiger partial charge in [0.1, 0.15) is 0 Å². The highest BCUT2D eigenvalue weighted by Gasteiger charge is 2.52. The van der Waals surface area contributed by atoms with Crippen LogP contribution in [0.3, 0.4) is 0 Å². The van der Waals surface area contributed by atoms with E-state index >= 15 is 0 Å². The van der Waals surface area contributed by atoms with E-state index in [9.17, 15) is 0 Å². The summed E-state index contributed by atoms with van der Waals surface area (Å²) in [6.45, 7) is 12.5. The Morgan fingerprint density at radius 1 is 1.18 bits per heavy atom. The van der Waals surface area contributed by atoms with Gasteiger partial charge >= 0.3 is 7.12 Å². The van der Waals surface area contributed by atoms with Crippen molar-refractivity contribution in [3.63, 3.8) is 0 Å². The van der Waals surface area contributed by atoms with E-state index in [0.717, 1.165) is 18.3 Å². The van der Waals surface area contributed by atoms with E-state index in [1.54, 1.807) is 0 Å². The second-order valence-corrected chi connectivity index (χ2v) is 5.65. The lowest BCUT2D eigenvalue weighted by Gasteiger charge is -2.32.